The van der Waals surface area contributed by atoms with Gasteiger partial charge in [-0.3, -0.25) is 0 Å². The first-order valence-electron chi connectivity index (χ1n) is 6.45. The van der Waals surface area contributed by atoms with Crippen LogP contribution < -0.4 is 5.14 Å². The number of sulfonamides is 1. The number of nitrogens with two attached hydrogens (primary N) is 1. The molecule has 0 spiro atoms. The van der Waals surface area contributed by atoms with E-state index in [-0.39, 0.29) is 5.92 Å². The van der Waals surface area contributed by atoms with Crippen LogP contribution in [0.25, 0.3) is 0 Å². The summed E-state index contributed by atoms with van der Waals surface area (Å²) in [5, 5.41) is 4.84. The van der Waals surface area contributed by atoms with E-state index < -0.39 is 15.3 Å². The minimum atomic E-state index is -3.37. The molecule has 0 saturated carbocycles. The van der Waals surface area contributed by atoms with Crippen molar-refractivity contribution in [2.75, 3.05) is 0 Å². The standard InChI is InChI=1S/C12H27NO2S/c1-4-6-8-10-12(9-7-5-2)11(3)16(13,14)15/h11-12H,4-10H2,1-3H3,(H2,13,14,15). The number of primary sulfonamides is 1. The average molecular weight is 249 g/mol. The summed E-state index contributed by atoms with van der Waals surface area (Å²) in [6.45, 7) is 6.04. The van der Waals surface area contributed by atoms with Crippen molar-refractivity contribution < 1.29 is 8.42 Å². The Kier molecular flexibility index (Phi) is 8.02. The van der Waals surface area contributed by atoms with Crippen LogP contribution in [0.4, 0.5) is 0 Å². The molecule has 0 heterocycles. The van der Waals surface area contributed by atoms with Crippen LogP contribution in [0.5, 0.6) is 0 Å². The highest BCUT2D eigenvalue weighted by Gasteiger charge is 2.25. The lowest BCUT2D eigenvalue weighted by molar-refractivity contribution is 0.399. The van der Waals surface area contributed by atoms with Gasteiger partial charge >= 0.3 is 0 Å². The first-order valence-corrected chi connectivity index (χ1v) is 8.06. The van der Waals surface area contributed by atoms with E-state index in [0.717, 1.165) is 32.1 Å². The summed E-state index contributed by atoms with van der Waals surface area (Å²) in [4.78, 5) is 0. The predicted octanol–water partition coefficient (Wildman–Crippen LogP) is 3.05. The largest absolute Gasteiger partial charge is 0.228 e. The molecule has 16 heavy (non-hydrogen) atoms. The fraction of sp³-hybridized carbons (Fsp3) is 1.00. The van der Waals surface area contributed by atoms with Crippen molar-refractivity contribution in [3.63, 3.8) is 0 Å². The van der Waals surface area contributed by atoms with Gasteiger partial charge in [-0.05, 0) is 25.7 Å². The normalized spacial score (nSPS) is 16.0. The van der Waals surface area contributed by atoms with Crippen molar-refractivity contribution in [3.8, 4) is 0 Å². The van der Waals surface area contributed by atoms with E-state index in [0.29, 0.717) is 0 Å². The van der Waals surface area contributed by atoms with E-state index >= 15 is 0 Å². The van der Waals surface area contributed by atoms with Crippen LogP contribution in [0, 0.1) is 5.92 Å². The summed E-state index contributed by atoms with van der Waals surface area (Å²) in [5.74, 6) is 0.237. The Morgan fingerprint density at radius 2 is 1.50 bits per heavy atom. The lowest BCUT2D eigenvalue weighted by Gasteiger charge is -2.22. The zero-order valence-corrected chi connectivity index (χ0v) is 11.7. The van der Waals surface area contributed by atoms with Gasteiger partial charge in [0.1, 0.15) is 0 Å². The van der Waals surface area contributed by atoms with Crippen LogP contribution in [-0.4, -0.2) is 13.7 Å². The van der Waals surface area contributed by atoms with Crippen LogP contribution in [0.1, 0.15) is 65.7 Å². The van der Waals surface area contributed by atoms with Crippen molar-refractivity contribution in [1.82, 2.24) is 0 Å². The number of rotatable bonds is 9. The lowest BCUT2D eigenvalue weighted by atomic mass is 9.93. The van der Waals surface area contributed by atoms with E-state index in [1.807, 2.05) is 0 Å². The number of hydrogen-bond donors (Lipinski definition) is 1. The summed E-state index contributed by atoms with van der Waals surface area (Å²) in [6.07, 6.45) is 7.65. The Bertz CT molecular complexity index is 262. The molecular formula is C12H27NO2S. The summed E-state index contributed by atoms with van der Waals surface area (Å²) < 4.78 is 22.7. The van der Waals surface area contributed by atoms with Crippen LogP contribution in [0.2, 0.25) is 0 Å². The van der Waals surface area contributed by atoms with E-state index in [1.54, 1.807) is 6.92 Å². The van der Waals surface area contributed by atoms with Gasteiger partial charge in [0.25, 0.3) is 0 Å². The fourth-order valence-corrected chi connectivity index (χ4v) is 2.81. The second-order valence-electron chi connectivity index (χ2n) is 4.69. The highest BCUT2D eigenvalue weighted by atomic mass is 32.2. The van der Waals surface area contributed by atoms with Gasteiger partial charge in [0, 0.05) is 0 Å². The molecule has 2 N–H and O–H groups in total. The van der Waals surface area contributed by atoms with Gasteiger partial charge in [-0.2, -0.15) is 0 Å². The maximum atomic E-state index is 11.3. The quantitative estimate of drug-likeness (QED) is 0.638. The van der Waals surface area contributed by atoms with Crippen molar-refractivity contribution in [2.24, 2.45) is 11.1 Å². The minimum Gasteiger partial charge on any atom is -0.228 e. The number of unbranched alkanes of at least 4 members (excludes halogenated alkanes) is 3. The molecule has 0 aliphatic carbocycles. The molecule has 0 aromatic carbocycles. The molecule has 0 aromatic heterocycles. The van der Waals surface area contributed by atoms with Gasteiger partial charge in [0.2, 0.25) is 10.0 Å². The van der Waals surface area contributed by atoms with Gasteiger partial charge in [0.05, 0.1) is 5.25 Å². The molecule has 0 radical (unpaired) electrons. The fourth-order valence-electron chi connectivity index (χ4n) is 2.00. The molecule has 3 nitrogen and oxygen atoms in total. The molecule has 4 heteroatoms. The van der Waals surface area contributed by atoms with Crippen LogP contribution in [0.15, 0.2) is 0 Å². The van der Waals surface area contributed by atoms with Crippen molar-refractivity contribution in [2.45, 2.75) is 71.0 Å². The number of hydrogen-bond acceptors (Lipinski definition) is 2. The van der Waals surface area contributed by atoms with E-state index in [4.69, 9.17) is 5.14 Å². The third kappa shape index (κ3) is 6.48. The molecule has 0 bridgehead atoms. The monoisotopic (exact) mass is 249 g/mol. The Hall–Kier alpha value is -0.0900. The first kappa shape index (κ1) is 15.9. The third-order valence-corrected chi connectivity index (χ3v) is 4.71. The third-order valence-electron chi connectivity index (χ3n) is 3.29. The molecule has 0 fully saturated rings. The summed E-state index contributed by atoms with van der Waals surface area (Å²) in [5.41, 5.74) is 0. The second-order valence-corrected chi connectivity index (χ2v) is 6.61. The molecule has 2 atom stereocenters. The Morgan fingerprint density at radius 1 is 1.00 bits per heavy atom. The lowest BCUT2D eigenvalue weighted by Crippen LogP contribution is -2.32. The average Bonchev–Trinajstić information content (AvgIpc) is 2.21. The van der Waals surface area contributed by atoms with Gasteiger partial charge in [-0.1, -0.05) is 46.0 Å². The van der Waals surface area contributed by atoms with E-state index in [9.17, 15) is 8.42 Å². The minimum absolute atomic E-state index is 0.237. The molecule has 0 aliphatic heterocycles. The molecule has 0 saturated heterocycles. The second kappa shape index (κ2) is 8.07. The summed E-state index contributed by atoms with van der Waals surface area (Å²) in [6, 6.07) is 0. The SMILES string of the molecule is CCCCCC(CCCC)C(C)S(N)(=O)=O. The first-order chi connectivity index (χ1) is 7.43. The summed E-state index contributed by atoms with van der Waals surface area (Å²) >= 11 is 0. The van der Waals surface area contributed by atoms with Gasteiger partial charge in [-0.15, -0.1) is 0 Å². The van der Waals surface area contributed by atoms with Crippen molar-refractivity contribution >= 4 is 10.0 Å². The van der Waals surface area contributed by atoms with Crippen LogP contribution in [-0.2, 0) is 10.0 Å². The highest BCUT2D eigenvalue weighted by molar-refractivity contribution is 7.89. The zero-order chi connectivity index (χ0) is 12.6. The van der Waals surface area contributed by atoms with Gasteiger partial charge < -0.3 is 0 Å². The van der Waals surface area contributed by atoms with Crippen molar-refractivity contribution in [3.05, 3.63) is 0 Å². The molecule has 0 aromatic rings. The molecule has 2 unspecified atom stereocenters. The highest BCUT2D eigenvalue weighted by Crippen LogP contribution is 2.23. The Morgan fingerprint density at radius 3 is 1.94 bits per heavy atom. The molecule has 0 amide bonds. The van der Waals surface area contributed by atoms with Gasteiger partial charge in [-0.25, -0.2) is 13.6 Å². The Balaban J connectivity index is 4.29. The summed E-state index contributed by atoms with van der Waals surface area (Å²) in [7, 11) is -3.37. The smallest absolute Gasteiger partial charge is 0.211 e. The molecule has 0 rings (SSSR count). The van der Waals surface area contributed by atoms with Crippen LogP contribution in [0.3, 0.4) is 0 Å². The topological polar surface area (TPSA) is 60.2 Å². The van der Waals surface area contributed by atoms with Gasteiger partial charge in [0.15, 0.2) is 0 Å². The maximum Gasteiger partial charge on any atom is 0.211 e. The molecule has 98 valence electrons. The van der Waals surface area contributed by atoms with Crippen LogP contribution >= 0.6 is 0 Å². The zero-order valence-electron chi connectivity index (χ0n) is 10.9. The Labute approximate surface area is 101 Å². The predicted molar refractivity (Wildman–Crippen MR) is 69.7 cm³/mol. The van der Waals surface area contributed by atoms with E-state index in [2.05, 4.69) is 13.8 Å². The van der Waals surface area contributed by atoms with Crippen molar-refractivity contribution in [1.29, 1.82) is 0 Å². The molecular weight excluding hydrogens is 222 g/mol. The maximum absolute atomic E-state index is 11.3. The van der Waals surface area contributed by atoms with E-state index in [1.165, 1.54) is 12.8 Å². The molecule has 0 aliphatic rings.